The molecule has 0 amide bonds. The van der Waals surface area contributed by atoms with Crippen LogP contribution < -0.4 is 5.73 Å². The minimum Gasteiger partial charge on any atom is -0.356 e. The van der Waals surface area contributed by atoms with Crippen LogP contribution in [0.25, 0.3) is 10.9 Å². The van der Waals surface area contributed by atoms with E-state index in [1.54, 1.807) is 6.07 Å². The molecule has 1 atom stereocenters. The summed E-state index contributed by atoms with van der Waals surface area (Å²) in [5.41, 5.74) is 9.21. The topological polar surface area (TPSA) is 41.8 Å². The fraction of sp³-hybridized carbons (Fsp3) is 0.500. The predicted octanol–water partition coefficient (Wildman–Crippen LogP) is 4.20. The van der Waals surface area contributed by atoms with Crippen molar-refractivity contribution in [2.24, 2.45) is 11.7 Å². The Hall–Kier alpha value is -1.35. The van der Waals surface area contributed by atoms with E-state index in [1.165, 1.54) is 38.2 Å². The highest BCUT2D eigenvalue weighted by Crippen LogP contribution is 2.37. The van der Waals surface area contributed by atoms with Gasteiger partial charge in [-0.2, -0.15) is 0 Å². The number of nitrogens with one attached hydrogen (secondary N) is 1. The summed E-state index contributed by atoms with van der Waals surface area (Å²) in [5, 5.41) is 0.954. The summed E-state index contributed by atoms with van der Waals surface area (Å²) in [7, 11) is 0. The van der Waals surface area contributed by atoms with Crippen molar-refractivity contribution >= 4 is 10.9 Å². The Balaban J connectivity index is 2.03. The second-order valence-corrected chi connectivity index (χ2v) is 5.75. The summed E-state index contributed by atoms with van der Waals surface area (Å²) in [6.45, 7) is 2.00. The Morgan fingerprint density at radius 2 is 2.00 bits per heavy atom. The molecule has 1 aliphatic carbocycles. The van der Waals surface area contributed by atoms with Crippen LogP contribution in [0, 0.1) is 18.7 Å². The monoisotopic (exact) mass is 260 g/mol. The smallest absolute Gasteiger partial charge is 0.147 e. The molecule has 1 aromatic heterocycles. The molecule has 0 saturated heterocycles. The normalized spacial score (nSPS) is 18.9. The standard InChI is InChI=1S/C16H21FN2/c1-10-14(15(18)11-6-3-2-4-7-11)12-8-5-9-13(17)16(12)19-10/h5,8-9,11,15,19H,2-4,6-7,18H2,1H3. The number of aromatic nitrogens is 1. The lowest BCUT2D eigenvalue weighted by atomic mass is 9.81. The first-order valence-corrected chi connectivity index (χ1v) is 7.20. The molecule has 1 unspecified atom stereocenters. The summed E-state index contributed by atoms with van der Waals surface area (Å²) >= 11 is 0. The summed E-state index contributed by atoms with van der Waals surface area (Å²) in [4.78, 5) is 3.16. The van der Waals surface area contributed by atoms with Gasteiger partial charge in [0.15, 0.2) is 0 Å². The molecule has 3 rings (SSSR count). The lowest BCUT2D eigenvalue weighted by Gasteiger charge is -2.28. The molecule has 1 aliphatic rings. The fourth-order valence-electron chi connectivity index (χ4n) is 3.49. The van der Waals surface area contributed by atoms with Crippen molar-refractivity contribution in [2.45, 2.75) is 45.1 Å². The summed E-state index contributed by atoms with van der Waals surface area (Å²) in [6.07, 6.45) is 6.26. The molecule has 3 N–H and O–H groups in total. The van der Waals surface area contributed by atoms with Crippen molar-refractivity contribution in [3.8, 4) is 0 Å². The predicted molar refractivity (Wildman–Crippen MR) is 76.5 cm³/mol. The lowest BCUT2D eigenvalue weighted by molar-refractivity contribution is 0.308. The maximum atomic E-state index is 13.8. The molecule has 19 heavy (non-hydrogen) atoms. The maximum Gasteiger partial charge on any atom is 0.147 e. The van der Waals surface area contributed by atoms with Crippen LogP contribution in [0.1, 0.15) is 49.4 Å². The number of aryl methyl sites for hydroxylation is 1. The van der Waals surface area contributed by atoms with Crippen molar-refractivity contribution in [1.29, 1.82) is 0 Å². The van der Waals surface area contributed by atoms with Gasteiger partial charge in [0.25, 0.3) is 0 Å². The highest BCUT2D eigenvalue weighted by Gasteiger charge is 2.26. The average Bonchev–Trinajstić information content (AvgIpc) is 2.77. The molecule has 2 nitrogen and oxygen atoms in total. The van der Waals surface area contributed by atoms with Crippen molar-refractivity contribution < 1.29 is 4.39 Å². The number of H-pyrrole nitrogens is 1. The molecule has 1 saturated carbocycles. The maximum absolute atomic E-state index is 13.8. The van der Waals surface area contributed by atoms with Gasteiger partial charge in [-0.05, 0) is 37.3 Å². The van der Waals surface area contributed by atoms with Crippen LogP contribution in [0.2, 0.25) is 0 Å². The van der Waals surface area contributed by atoms with Crippen LogP contribution in [0.5, 0.6) is 0 Å². The van der Waals surface area contributed by atoms with E-state index in [-0.39, 0.29) is 11.9 Å². The van der Waals surface area contributed by atoms with Crippen molar-refractivity contribution in [3.05, 3.63) is 35.3 Å². The van der Waals surface area contributed by atoms with Gasteiger partial charge < -0.3 is 10.7 Å². The van der Waals surface area contributed by atoms with E-state index in [0.29, 0.717) is 11.4 Å². The van der Waals surface area contributed by atoms with Gasteiger partial charge in [0.05, 0.1) is 5.52 Å². The molecular formula is C16H21FN2. The Labute approximate surface area is 113 Å². The van der Waals surface area contributed by atoms with Crippen molar-refractivity contribution in [1.82, 2.24) is 4.98 Å². The van der Waals surface area contributed by atoms with Crippen LogP contribution in [0.3, 0.4) is 0 Å². The molecule has 2 aromatic rings. The largest absolute Gasteiger partial charge is 0.356 e. The summed E-state index contributed by atoms with van der Waals surface area (Å²) in [6, 6.07) is 5.26. The van der Waals surface area contributed by atoms with Crippen molar-refractivity contribution in [3.63, 3.8) is 0 Å². The van der Waals surface area contributed by atoms with E-state index in [2.05, 4.69) is 4.98 Å². The highest BCUT2D eigenvalue weighted by molar-refractivity contribution is 5.85. The number of aromatic amines is 1. The minimum absolute atomic E-state index is 0.0239. The fourth-order valence-corrected chi connectivity index (χ4v) is 3.49. The van der Waals surface area contributed by atoms with E-state index < -0.39 is 0 Å². The molecule has 1 aromatic carbocycles. The zero-order chi connectivity index (χ0) is 13.4. The average molecular weight is 260 g/mol. The molecule has 0 aliphatic heterocycles. The van der Waals surface area contributed by atoms with Gasteiger partial charge in [0.2, 0.25) is 0 Å². The van der Waals surface area contributed by atoms with Crippen LogP contribution >= 0.6 is 0 Å². The molecule has 0 radical (unpaired) electrons. The molecular weight excluding hydrogens is 239 g/mol. The molecule has 1 fully saturated rings. The number of hydrogen-bond acceptors (Lipinski definition) is 1. The number of para-hydroxylation sites is 1. The quantitative estimate of drug-likeness (QED) is 0.835. The van der Waals surface area contributed by atoms with E-state index in [1.807, 2.05) is 13.0 Å². The van der Waals surface area contributed by atoms with E-state index in [9.17, 15) is 4.39 Å². The molecule has 0 bridgehead atoms. The highest BCUT2D eigenvalue weighted by atomic mass is 19.1. The van der Waals surface area contributed by atoms with Gasteiger partial charge in [-0.3, -0.25) is 0 Å². The van der Waals surface area contributed by atoms with Crippen LogP contribution in [-0.4, -0.2) is 4.98 Å². The van der Waals surface area contributed by atoms with Gasteiger partial charge in [0, 0.05) is 17.1 Å². The summed E-state index contributed by atoms with van der Waals surface area (Å²) in [5.74, 6) is 0.345. The number of halogens is 1. The molecule has 1 heterocycles. The first-order chi connectivity index (χ1) is 9.18. The third kappa shape index (κ3) is 2.16. The third-order valence-electron chi connectivity index (χ3n) is 4.51. The zero-order valence-corrected chi connectivity index (χ0v) is 11.4. The van der Waals surface area contributed by atoms with E-state index in [0.717, 1.165) is 16.6 Å². The zero-order valence-electron chi connectivity index (χ0n) is 11.4. The molecule has 3 heteroatoms. The number of fused-ring (bicyclic) bond motifs is 1. The molecule has 0 spiro atoms. The summed E-state index contributed by atoms with van der Waals surface area (Å²) < 4.78 is 13.8. The van der Waals surface area contributed by atoms with Gasteiger partial charge in [0.1, 0.15) is 5.82 Å². The Morgan fingerprint density at radius 3 is 2.74 bits per heavy atom. The molecule has 102 valence electrons. The minimum atomic E-state index is -0.192. The Morgan fingerprint density at radius 1 is 1.26 bits per heavy atom. The Bertz CT molecular complexity index is 582. The Kier molecular flexibility index (Phi) is 3.31. The number of nitrogens with two attached hydrogens (primary N) is 1. The lowest BCUT2D eigenvalue weighted by Crippen LogP contribution is -2.24. The SMILES string of the molecule is Cc1[nH]c2c(F)cccc2c1C(N)C1CCCCC1. The third-order valence-corrected chi connectivity index (χ3v) is 4.51. The van der Waals surface area contributed by atoms with Gasteiger partial charge in [-0.1, -0.05) is 31.4 Å². The van der Waals surface area contributed by atoms with Crippen LogP contribution in [0.15, 0.2) is 18.2 Å². The number of benzene rings is 1. The van der Waals surface area contributed by atoms with E-state index in [4.69, 9.17) is 5.73 Å². The number of hydrogen-bond donors (Lipinski definition) is 2. The van der Waals surface area contributed by atoms with Crippen LogP contribution in [-0.2, 0) is 0 Å². The van der Waals surface area contributed by atoms with Crippen LogP contribution in [0.4, 0.5) is 4.39 Å². The van der Waals surface area contributed by atoms with Gasteiger partial charge in [-0.25, -0.2) is 4.39 Å². The van der Waals surface area contributed by atoms with Gasteiger partial charge >= 0.3 is 0 Å². The van der Waals surface area contributed by atoms with Crippen molar-refractivity contribution in [2.75, 3.05) is 0 Å². The van der Waals surface area contributed by atoms with Gasteiger partial charge in [-0.15, -0.1) is 0 Å². The first-order valence-electron chi connectivity index (χ1n) is 7.20. The number of rotatable bonds is 2. The second-order valence-electron chi connectivity index (χ2n) is 5.75. The first kappa shape index (κ1) is 12.7. The second kappa shape index (κ2) is 4.97. The van der Waals surface area contributed by atoms with E-state index >= 15 is 0 Å².